The number of hydrogen-bond acceptors (Lipinski definition) is 6. The highest BCUT2D eigenvalue weighted by Crippen LogP contribution is 2.26. The lowest BCUT2D eigenvalue weighted by molar-refractivity contribution is 0.103. The van der Waals surface area contributed by atoms with E-state index in [0.29, 0.717) is 34.2 Å². The number of halogens is 1. The SMILES string of the molecule is COc1cnc2[nH]c(C(=O)c3cc4c(Nc5cccc(I)c5)ncnc4[nH]3)cc2c1. The monoisotopic (exact) mass is 510 g/mol. The molecule has 4 aromatic heterocycles. The fourth-order valence-electron chi connectivity index (χ4n) is 3.24. The van der Waals surface area contributed by atoms with Crippen LogP contribution < -0.4 is 10.1 Å². The van der Waals surface area contributed by atoms with Crippen molar-refractivity contribution in [2.75, 3.05) is 12.4 Å². The number of carbonyl (C=O) groups excluding carboxylic acids is 1. The number of ketones is 1. The number of rotatable bonds is 5. The summed E-state index contributed by atoms with van der Waals surface area (Å²) in [6.45, 7) is 0. The number of ether oxygens (including phenoxy) is 1. The largest absolute Gasteiger partial charge is 0.495 e. The molecule has 0 saturated carbocycles. The highest BCUT2D eigenvalue weighted by molar-refractivity contribution is 14.1. The number of aromatic amines is 2. The van der Waals surface area contributed by atoms with Crippen LogP contribution >= 0.6 is 22.6 Å². The molecule has 0 aliphatic heterocycles. The number of carbonyl (C=O) groups is 1. The van der Waals surface area contributed by atoms with Gasteiger partial charge in [-0.3, -0.25) is 4.79 Å². The van der Waals surface area contributed by atoms with Gasteiger partial charge in [-0.15, -0.1) is 0 Å². The van der Waals surface area contributed by atoms with Gasteiger partial charge in [-0.1, -0.05) is 6.07 Å². The Morgan fingerprint density at radius 2 is 1.87 bits per heavy atom. The lowest BCUT2D eigenvalue weighted by Gasteiger charge is -2.06. The summed E-state index contributed by atoms with van der Waals surface area (Å²) in [5.41, 5.74) is 2.95. The molecule has 5 rings (SSSR count). The van der Waals surface area contributed by atoms with Gasteiger partial charge in [0.25, 0.3) is 0 Å². The first kappa shape index (κ1) is 18.6. The van der Waals surface area contributed by atoms with Crippen molar-refractivity contribution in [2.45, 2.75) is 0 Å². The van der Waals surface area contributed by atoms with Crippen LogP contribution in [-0.4, -0.2) is 37.8 Å². The normalized spacial score (nSPS) is 11.1. The summed E-state index contributed by atoms with van der Waals surface area (Å²) in [5, 5.41) is 4.83. The maximum Gasteiger partial charge on any atom is 0.225 e. The first-order valence-corrected chi connectivity index (χ1v) is 10.1. The van der Waals surface area contributed by atoms with E-state index in [2.05, 4.69) is 52.8 Å². The topological polar surface area (TPSA) is 109 Å². The minimum absolute atomic E-state index is 0.190. The number of nitrogens with one attached hydrogen (secondary N) is 3. The van der Waals surface area contributed by atoms with Gasteiger partial charge in [0.1, 0.15) is 29.2 Å². The Morgan fingerprint density at radius 1 is 1.03 bits per heavy atom. The molecule has 30 heavy (non-hydrogen) atoms. The van der Waals surface area contributed by atoms with Crippen molar-refractivity contribution in [2.24, 2.45) is 0 Å². The summed E-state index contributed by atoms with van der Waals surface area (Å²) in [6, 6.07) is 13.3. The summed E-state index contributed by atoms with van der Waals surface area (Å²) in [4.78, 5) is 32.1. The van der Waals surface area contributed by atoms with Crippen molar-refractivity contribution >= 4 is 61.9 Å². The molecule has 3 N–H and O–H groups in total. The second-order valence-electron chi connectivity index (χ2n) is 6.63. The fraction of sp³-hybridized carbons (Fsp3) is 0.0476. The van der Waals surface area contributed by atoms with Crippen molar-refractivity contribution in [3.05, 3.63) is 69.9 Å². The van der Waals surface area contributed by atoms with Crippen LogP contribution in [-0.2, 0) is 0 Å². The lowest BCUT2D eigenvalue weighted by Crippen LogP contribution is -2.01. The zero-order valence-electron chi connectivity index (χ0n) is 15.7. The van der Waals surface area contributed by atoms with Crippen molar-refractivity contribution in [1.82, 2.24) is 24.9 Å². The van der Waals surface area contributed by atoms with Crippen molar-refractivity contribution in [1.29, 1.82) is 0 Å². The van der Waals surface area contributed by atoms with E-state index in [0.717, 1.165) is 20.0 Å². The number of H-pyrrole nitrogens is 2. The molecule has 0 fully saturated rings. The number of benzene rings is 1. The summed E-state index contributed by atoms with van der Waals surface area (Å²) in [7, 11) is 1.58. The molecule has 0 aliphatic carbocycles. The van der Waals surface area contributed by atoms with Crippen LogP contribution in [0.2, 0.25) is 0 Å². The van der Waals surface area contributed by atoms with Crippen molar-refractivity contribution < 1.29 is 9.53 Å². The van der Waals surface area contributed by atoms with Crippen LogP contribution in [0.1, 0.15) is 16.2 Å². The third-order valence-corrected chi connectivity index (χ3v) is 5.35. The first-order chi connectivity index (χ1) is 14.6. The van der Waals surface area contributed by atoms with Gasteiger partial charge in [0, 0.05) is 14.6 Å². The van der Waals surface area contributed by atoms with Gasteiger partial charge in [0.15, 0.2) is 0 Å². The number of methoxy groups -OCH3 is 1. The van der Waals surface area contributed by atoms with Gasteiger partial charge < -0.3 is 20.0 Å². The molecule has 1 aromatic carbocycles. The number of aromatic nitrogens is 5. The maximum absolute atomic E-state index is 13.1. The Labute approximate surface area is 184 Å². The summed E-state index contributed by atoms with van der Waals surface area (Å²) >= 11 is 2.26. The molecule has 0 unspecified atom stereocenters. The molecule has 148 valence electrons. The summed E-state index contributed by atoms with van der Waals surface area (Å²) < 4.78 is 6.30. The molecule has 0 saturated heterocycles. The average Bonchev–Trinajstić information content (AvgIpc) is 3.37. The minimum Gasteiger partial charge on any atom is -0.495 e. The van der Waals surface area contributed by atoms with Crippen LogP contribution in [0, 0.1) is 3.57 Å². The first-order valence-electron chi connectivity index (χ1n) is 9.04. The van der Waals surface area contributed by atoms with E-state index in [4.69, 9.17) is 4.74 Å². The van der Waals surface area contributed by atoms with Crippen LogP contribution in [0.3, 0.4) is 0 Å². The second-order valence-corrected chi connectivity index (χ2v) is 7.87. The predicted octanol–water partition coefficient (Wildman–Crippen LogP) is 4.42. The quantitative estimate of drug-likeness (QED) is 0.239. The molecule has 0 spiro atoms. The maximum atomic E-state index is 13.1. The van der Waals surface area contributed by atoms with Crippen molar-refractivity contribution in [3.63, 3.8) is 0 Å². The summed E-state index contributed by atoms with van der Waals surface area (Å²) in [6.07, 6.45) is 3.07. The number of anilines is 2. The molecule has 0 radical (unpaired) electrons. The Kier molecular flexibility index (Phi) is 4.58. The van der Waals surface area contributed by atoms with Gasteiger partial charge in [0.2, 0.25) is 5.78 Å². The lowest BCUT2D eigenvalue weighted by atomic mass is 10.2. The number of hydrogen-bond donors (Lipinski definition) is 3. The Bertz CT molecular complexity index is 1410. The molecule has 5 aromatic rings. The van der Waals surface area contributed by atoms with Crippen LogP contribution in [0.15, 0.2) is 55.0 Å². The van der Waals surface area contributed by atoms with Crippen LogP contribution in [0.5, 0.6) is 5.75 Å². The Balaban J connectivity index is 1.51. The smallest absolute Gasteiger partial charge is 0.225 e. The van der Waals surface area contributed by atoms with Gasteiger partial charge in [-0.2, -0.15) is 0 Å². The zero-order valence-corrected chi connectivity index (χ0v) is 17.9. The molecule has 9 heteroatoms. The number of nitrogens with zero attached hydrogens (tertiary/aromatic N) is 3. The van der Waals surface area contributed by atoms with Crippen LogP contribution in [0.25, 0.3) is 22.1 Å². The third-order valence-electron chi connectivity index (χ3n) is 4.68. The molecular weight excluding hydrogens is 495 g/mol. The Morgan fingerprint density at radius 3 is 2.70 bits per heavy atom. The van der Waals surface area contributed by atoms with Crippen LogP contribution in [0.4, 0.5) is 11.5 Å². The van der Waals surface area contributed by atoms with E-state index in [1.165, 1.54) is 6.33 Å². The van der Waals surface area contributed by atoms with E-state index in [1.54, 1.807) is 25.4 Å². The number of pyridine rings is 1. The summed E-state index contributed by atoms with van der Waals surface area (Å²) in [5.74, 6) is 1.07. The van der Waals surface area contributed by atoms with E-state index >= 15 is 0 Å². The highest BCUT2D eigenvalue weighted by Gasteiger charge is 2.17. The van der Waals surface area contributed by atoms with Crippen molar-refractivity contribution in [3.8, 4) is 5.75 Å². The van der Waals surface area contributed by atoms with Gasteiger partial charge in [-0.05, 0) is 59.0 Å². The highest BCUT2D eigenvalue weighted by atomic mass is 127. The molecule has 0 aliphatic rings. The Hall–Kier alpha value is -3.47. The molecule has 0 atom stereocenters. The van der Waals surface area contributed by atoms with E-state index in [1.807, 2.05) is 30.3 Å². The van der Waals surface area contributed by atoms with Gasteiger partial charge >= 0.3 is 0 Å². The van der Waals surface area contributed by atoms with E-state index < -0.39 is 0 Å². The standard InChI is InChI=1S/C21H15IN6O2/c1-30-14-5-11-6-16(27-19(11)23-9-14)18(29)17-8-15-20(24-10-25-21(15)28-17)26-13-4-2-3-12(22)7-13/h2-10H,1H3,(H,23,27)(H2,24,25,26,28). The second kappa shape index (κ2) is 7.41. The average molecular weight is 510 g/mol. The van der Waals surface area contributed by atoms with Gasteiger partial charge in [0.05, 0.1) is 30.1 Å². The molecule has 8 nitrogen and oxygen atoms in total. The van der Waals surface area contributed by atoms with Gasteiger partial charge in [-0.25, -0.2) is 15.0 Å². The minimum atomic E-state index is -0.190. The number of fused-ring (bicyclic) bond motifs is 2. The third kappa shape index (κ3) is 3.36. The van der Waals surface area contributed by atoms with E-state index in [9.17, 15) is 4.79 Å². The molecule has 0 bridgehead atoms. The molecule has 0 amide bonds. The van der Waals surface area contributed by atoms with E-state index in [-0.39, 0.29) is 5.78 Å². The molecule has 4 heterocycles. The fourth-order valence-corrected chi connectivity index (χ4v) is 3.78. The molecular formula is C21H15IN6O2. The zero-order chi connectivity index (χ0) is 20.7. The predicted molar refractivity (Wildman–Crippen MR) is 122 cm³/mol.